The summed E-state index contributed by atoms with van der Waals surface area (Å²) in [5.74, 6) is 0.201. The highest BCUT2D eigenvalue weighted by molar-refractivity contribution is 5.95. The van der Waals surface area contributed by atoms with Gasteiger partial charge in [-0.15, -0.1) is 0 Å². The molecule has 1 aromatic carbocycles. The smallest absolute Gasteiger partial charge is 0.254 e. The molecule has 1 amide bonds. The van der Waals surface area contributed by atoms with Gasteiger partial charge in [-0.2, -0.15) is 0 Å². The van der Waals surface area contributed by atoms with Gasteiger partial charge in [0.1, 0.15) is 0 Å². The van der Waals surface area contributed by atoms with Crippen molar-refractivity contribution in [3.8, 4) is 0 Å². The van der Waals surface area contributed by atoms with Crippen LogP contribution in [0.1, 0.15) is 42.6 Å². The first-order valence-corrected chi connectivity index (χ1v) is 7.36. The van der Waals surface area contributed by atoms with Crippen molar-refractivity contribution < 1.29 is 4.79 Å². The summed E-state index contributed by atoms with van der Waals surface area (Å²) in [5, 5.41) is 3.47. The van der Waals surface area contributed by atoms with Gasteiger partial charge < -0.3 is 10.2 Å². The quantitative estimate of drug-likeness (QED) is 0.902. The molecular weight excluding hydrogens is 236 g/mol. The molecule has 0 bridgehead atoms. The molecule has 0 unspecified atom stereocenters. The van der Waals surface area contributed by atoms with E-state index in [0.29, 0.717) is 6.04 Å². The standard InChI is InChI=1S/C16H24N2O/c1-3-13-7-5-6-8-15(13)16(19)18-11-9-14(10-12-18)17-4-2/h5-8,14,17H,3-4,9-12H2,1-2H3. The molecular formula is C16H24N2O. The number of carbonyl (C=O) groups is 1. The third kappa shape index (κ3) is 3.35. The summed E-state index contributed by atoms with van der Waals surface area (Å²) in [6.45, 7) is 6.99. The average molecular weight is 260 g/mol. The molecule has 1 N–H and O–H groups in total. The monoisotopic (exact) mass is 260 g/mol. The van der Waals surface area contributed by atoms with Crippen molar-refractivity contribution in [1.82, 2.24) is 10.2 Å². The molecule has 1 aliphatic heterocycles. The Balaban J connectivity index is 2.01. The van der Waals surface area contributed by atoms with Gasteiger partial charge in [-0.25, -0.2) is 0 Å². The minimum absolute atomic E-state index is 0.201. The van der Waals surface area contributed by atoms with Crippen molar-refractivity contribution in [1.29, 1.82) is 0 Å². The number of piperidine rings is 1. The molecule has 104 valence electrons. The zero-order valence-electron chi connectivity index (χ0n) is 12.0. The van der Waals surface area contributed by atoms with Crippen LogP contribution in [0.3, 0.4) is 0 Å². The first-order chi connectivity index (χ1) is 9.26. The molecule has 1 fully saturated rings. The highest BCUT2D eigenvalue weighted by Gasteiger charge is 2.23. The molecule has 0 aliphatic carbocycles. The summed E-state index contributed by atoms with van der Waals surface area (Å²) in [5.41, 5.74) is 2.04. The lowest BCUT2D eigenvalue weighted by molar-refractivity contribution is 0.0705. The molecule has 1 saturated heterocycles. The van der Waals surface area contributed by atoms with E-state index < -0.39 is 0 Å². The van der Waals surface area contributed by atoms with Gasteiger partial charge in [0.25, 0.3) is 5.91 Å². The Bertz CT molecular complexity index is 423. The fraction of sp³-hybridized carbons (Fsp3) is 0.562. The molecule has 1 heterocycles. The molecule has 0 aromatic heterocycles. The number of rotatable bonds is 4. The van der Waals surface area contributed by atoms with E-state index in [9.17, 15) is 4.79 Å². The molecule has 3 nitrogen and oxygen atoms in total. The fourth-order valence-electron chi connectivity index (χ4n) is 2.78. The Morgan fingerprint density at radius 1 is 1.26 bits per heavy atom. The van der Waals surface area contributed by atoms with Crippen molar-refractivity contribution >= 4 is 5.91 Å². The van der Waals surface area contributed by atoms with Crippen LogP contribution in [0.4, 0.5) is 0 Å². The molecule has 0 radical (unpaired) electrons. The Hall–Kier alpha value is -1.35. The van der Waals surface area contributed by atoms with Crippen molar-refractivity contribution in [3.05, 3.63) is 35.4 Å². The minimum atomic E-state index is 0.201. The van der Waals surface area contributed by atoms with Gasteiger partial charge in [-0.1, -0.05) is 32.0 Å². The number of nitrogens with zero attached hydrogens (tertiary/aromatic N) is 1. The summed E-state index contributed by atoms with van der Waals surface area (Å²) in [6, 6.07) is 8.55. The second-order valence-corrected chi connectivity index (χ2v) is 5.13. The van der Waals surface area contributed by atoms with Crippen molar-refractivity contribution in [2.45, 2.75) is 39.2 Å². The molecule has 1 aromatic rings. The number of amides is 1. The maximum Gasteiger partial charge on any atom is 0.254 e. The SMILES string of the molecule is CCNC1CCN(C(=O)c2ccccc2CC)CC1. The average Bonchev–Trinajstić information content (AvgIpc) is 2.47. The fourth-order valence-corrected chi connectivity index (χ4v) is 2.78. The highest BCUT2D eigenvalue weighted by atomic mass is 16.2. The number of likely N-dealkylation sites (tertiary alicyclic amines) is 1. The van der Waals surface area contributed by atoms with Crippen LogP contribution < -0.4 is 5.32 Å². The predicted octanol–water partition coefficient (Wildman–Crippen LogP) is 2.46. The number of hydrogen-bond donors (Lipinski definition) is 1. The number of nitrogens with one attached hydrogen (secondary N) is 1. The Kier molecular flexibility index (Phi) is 4.97. The van der Waals surface area contributed by atoms with Crippen LogP contribution in [0.15, 0.2) is 24.3 Å². The Morgan fingerprint density at radius 2 is 1.95 bits per heavy atom. The van der Waals surface area contributed by atoms with Crippen LogP contribution in [0.25, 0.3) is 0 Å². The molecule has 1 aliphatic rings. The van der Waals surface area contributed by atoms with E-state index in [2.05, 4.69) is 25.2 Å². The minimum Gasteiger partial charge on any atom is -0.339 e. The summed E-state index contributed by atoms with van der Waals surface area (Å²) in [4.78, 5) is 14.6. The number of benzene rings is 1. The van der Waals surface area contributed by atoms with Crippen LogP contribution in [0.2, 0.25) is 0 Å². The topological polar surface area (TPSA) is 32.3 Å². The van der Waals surface area contributed by atoms with Gasteiger partial charge in [0.15, 0.2) is 0 Å². The van der Waals surface area contributed by atoms with Gasteiger partial charge >= 0.3 is 0 Å². The molecule has 0 atom stereocenters. The van der Waals surface area contributed by atoms with E-state index >= 15 is 0 Å². The highest BCUT2D eigenvalue weighted by Crippen LogP contribution is 2.17. The zero-order chi connectivity index (χ0) is 13.7. The Labute approximate surface area is 116 Å². The lowest BCUT2D eigenvalue weighted by Crippen LogP contribution is -2.45. The lowest BCUT2D eigenvalue weighted by atomic mass is 10.0. The van der Waals surface area contributed by atoms with Gasteiger partial charge in [-0.3, -0.25) is 4.79 Å². The predicted molar refractivity (Wildman–Crippen MR) is 78.4 cm³/mol. The van der Waals surface area contributed by atoms with Gasteiger partial charge in [-0.05, 0) is 37.4 Å². The third-order valence-electron chi connectivity index (χ3n) is 3.90. The second kappa shape index (κ2) is 6.71. The van der Waals surface area contributed by atoms with E-state index in [1.165, 1.54) is 0 Å². The van der Waals surface area contributed by atoms with E-state index in [1.54, 1.807) is 0 Å². The molecule has 3 heteroatoms. The maximum absolute atomic E-state index is 12.5. The van der Waals surface area contributed by atoms with Crippen LogP contribution >= 0.6 is 0 Å². The van der Waals surface area contributed by atoms with Gasteiger partial charge in [0, 0.05) is 24.7 Å². The first kappa shape index (κ1) is 14.1. The second-order valence-electron chi connectivity index (χ2n) is 5.13. The van der Waals surface area contributed by atoms with Crippen LogP contribution in [0.5, 0.6) is 0 Å². The lowest BCUT2D eigenvalue weighted by Gasteiger charge is -2.32. The number of aryl methyl sites for hydroxylation is 1. The van der Waals surface area contributed by atoms with Crippen molar-refractivity contribution in [2.24, 2.45) is 0 Å². The summed E-state index contributed by atoms with van der Waals surface area (Å²) in [6.07, 6.45) is 3.04. The Morgan fingerprint density at radius 3 is 2.58 bits per heavy atom. The largest absolute Gasteiger partial charge is 0.339 e. The summed E-state index contributed by atoms with van der Waals surface area (Å²) >= 11 is 0. The molecule has 0 spiro atoms. The maximum atomic E-state index is 12.5. The normalized spacial score (nSPS) is 16.6. The van der Waals surface area contributed by atoms with E-state index in [1.807, 2.05) is 23.1 Å². The van der Waals surface area contributed by atoms with Gasteiger partial charge in [0.2, 0.25) is 0 Å². The number of hydrogen-bond acceptors (Lipinski definition) is 2. The van der Waals surface area contributed by atoms with E-state index in [0.717, 1.165) is 50.0 Å². The number of carbonyl (C=O) groups excluding carboxylic acids is 1. The molecule has 2 rings (SSSR count). The van der Waals surface area contributed by atoms with Crippen LogP contribution in [-0.2, 0) is 6.42 Å². The van der Waals surface area contributed by atoms with Crippen LogP contribution in [-0.4, -0.2) is 36.5 Å². The van der Waals surface area contributed by atoms with E-state index in [4.69, 9.17) is 0 Å². The zero-order valence-corrected chi connectivity index (χ0v) is 12.0. The summed E-state index contributed by atoms with van der Waals surface area (Å²) in [7, 11) is 0. The van der Waals surface area contributed by atoms with Crippen molar-refractivity contribution in [2.75, 3.05) is 19.6 Å². The summed E-state index contributed by atoms with van der Waals surface area (Å²) < 4.78 is 0. The van der Waals surface area contributed by atoms with Crippen LogP contribution in [0, 0.1) is 0 Å². The first-order valence-electron chi connectivity index (χ1n) is 7.36. The molecule has 0 saturated carbocycles. The van der Waals surface area contributed by atoms with Gasteiger partial charge in [0.05, 0.1) is 0 Å². The third-order valence-corrected chi connectivity index (χ3v) is 3.90. The molecule has 19 heavy (non-hydrogen) atoms. The van der Waals surface area contributed by atoms with E-state index in [-0.39, 0.29) is 5.91 Å². The van der Waals surface area contributed by atoms with Crippen molar-refractivity contribution in [3.63, 3.8) is 0 Å².